The van der Waals surface area contributed by atoms with Crippen LogP contribution in [0.25, 0.3) is 10.9 Å². The maximum absolute atomic E-state index is 13.5. The number of likely N-dealkylation sites (tertiary alicyclic amines) is 1. The van der Waals surface area contributed by atoms with Crippen LogP contribution in [0.5, 0.6) is 0 Å². The van der Waals surface area contributed by atoms with Crippen LogP contribution in [-0.4, -0.2) is 76.2 Å². The molecule has 0 radical (unpaired) electrons. The molecule has 1 atom stereocenters. The van der Waals surface area contributed by atoms with Gasteiger partial charge in [0.2, 0.25) is 0 Å². The number of anilines is 1. The second-order valence-electron chi connectivity index (χ2n) is 7.15. The van der Waals surface area contributed by atoms with Crippen molar-refractivity contribution in [3.8, 4) is 0 Å². The van der Waals surface area contributed by atoms with Gasteiger partial charge in [0.15, 0.2) is 6.29 Å². The number of nitrogens with one attached hydrogen (secondary N) is 1. The minimum atomic E-state index is -4.49. The summed E-state index contributed by atoms with van der Waals surface area (Å²) in [4.78, 5) is 7.36. The van der Waals surface area contributed by atoms with E-state index in [0.717, 1.165) is 22.8 Å². The number of hydrogen-bond acceptors (Lipinski definition) is 6. The summed E-state index contributed by atoms with van der Waals surface area (Å²) in [5.74, 6) is 0. The number of aliphatic hydroxyl groups excluding tert-OH is 1. The molecule has 2 aliphatic rings. The summed E-state index contributed by atoms with van der Waals surface area (Å²) >= 11 is 0. The van der Waals surface area contributed by atoms with Crippen molar-refractivity contribution in [2.45, 2.75) is 18.6 Å². The number of allylic oxidation sites excluding steroid dienone is 1. The molecule has 1 aromatic heterocycles. The number of aliphatic imine (C=N–C) groups is 1. The van der Waals surface area contributed by atoms with Crippen molar-refractivity contribution in [2.75, 3.05) is 32.0 Å². The number of alkyl halides is 3. The Bertz CT molecular complexity index is 944. The van der Waals surface area contributed by atoms with Crippen molar-refractivity contribution in [3.63, 3.8) is 0 Å². The molecule has 0 aliphatic carbocycles. The minimum Gasteiger partial charge on any atom is -0.390 e. The van der Waals surface area contributed by atoms with Gasteiger partial charge in [-0.05, 0) is 18.2 Å². The van der Waals surface area contributed by atoms with E-state index in [0.29, 0.717) is 13.1 Å². The SMILES string of the molecule is CN1C(CN2CC(O)C2)=C(C(F)(F)F)C=NC1Nc1ccc2c(cnn2C)c1. The summed E-state index contributed by atoms with van der Waals surface area (Å²) in [5.41, 5.74) is 1.08. The lowest BCUT2D eigenvalue weighted by molar-refractivity contribution is -0.0890. The molecule has 2 aliphatic heterocycles. The van der Waals surface area contributed by atoms with E-state index in [9.17, 15) is 18.3 Å². The first-order valence-corrected chi connectivity index (χ1v) is 8.87. The van der Waals surface area contributed by atoms with Crippen LogP contribution in [0, 0.1) is 0 Å². The number of halogens is 3. The Hall–Kier alpha value is -2.59. The van der Waals surface area contributed by atoms with Crippen LogP contribution in [-0.2, 0) is 7.05 Å². The molecule has 1 fully saturated rings. The average molecular weight is 394 g/mol. The first kappa shape index (κ1) is 18.8. The van der Waals surface area contributed by atoms with Crippen molar-refractivity contribution >= 4 is 22.8 Å². The molecule has 1 saturated heterocycles. The third-order valence-corrected chi connectivity index (χ3v) is 5.11. The number of aromatic nitrogens is 2. The van der Waals surface area contributed by atoms with Crippen LogP contribution < -0.4 is 5.32 Å². The zero-order chi connectivity index (χ0) is 20.1. The average Bonchev–Trinajstić information content (AvgIpc) is 2.96. The van der Waals surface area contributed by atoms with E-state index in [1.54, 1.807) is 22.8 Å². The van der Waals surface area contributed by atoms with Gasteiger partial charge in [0.1, 0.15) is 0 Å². The summed E-state index contributed by atoms with van der Waals surface area (Å²) in [6.45, 7) is 0.846. The highest BCUT2D eigenvalue weighted by Gasteiger charge is 2.40. The number of benzene rings is 1. The number of aliphatic hydroxyl groups is 1. The Balaban J connectivity index is 1.57. The topological polar surface area (TPSA) is 68.9 Å². The fourth-order valence-electron chi connectivity index (χ4n) is 3.51. The van der Waals surface area contributed by atoms with Gasteiger partial charge in [-0.2, -0.15) is 18.3 Å². The maximum Gasteiger partial charge on any atom is 0.419 e. The fraction of sp³-hybridized carbons (Fsp3) is 0.444. The molecule has 3 heterocycles. The molecule has 0 bridgehead atoms. The van der Waals surface area contributed by atoms with Gasteiger partial charge in [-0.1, -0.05) is 0 Å². The zero-order valence-electron chi connectivity index (χ0n) is 15.5. The smallest absolute Gasteiger partial charge is 0.390 e. The molecule has 10 heteroatoms. The molecule has 7 nitrogen and oxygen atoms in total. The number of hydrogen-bond donors (Lipinski definition) is 2. The summed E-state index contributed by atoms with van der Waals surface area (Å²) in [6.07, 6.45) is -3.00. The van der Waals surface area contributed by atoms with Gasteiger partial charge in [0.25, 0.3) is 0 Å². The Morgan fingerprint density at radius 2 is 2.00 bits per heavy atom. The number of likely N-dealkylation sites (N-methyl/N-ethyl adjacent to an activating group) is 1. The molecule has 28 heavy (non-hydrogen) atoms. The summed E-state index contributed by atoms with van der Waals surface area (Å²) in [7, 11) is 3.44. The molecule has 2 N–H and O–H groups in total. The van der Waals surface area contributed by atoms with Gasteiger partial charge in [-0.25, -0.2) is 4.99 Å². The Morgan fingerprint density at radius 3 is 2.68 bits per heavy atom. The van der Waals surface area contributed by atoms with Gasteiger partial charge < -0.3 is 15.3 Å². The van der Waals surface area contributed by atoms with Crippen LogP contribution >= 0.6 is 0 Å². The van der Waals surface area contributed by atoms with Crippen molar-refractivity contribution in [2.24, 2.45) is 12.0 Å². The lowest BCUT2D eigenvalue weighted by atomic mass is 10.1. The number of fused-ring (bicyclic) bond motifs is 1. The normalized spacial score (nSPS) is 21.5. The third kappa shape index (κ3) is 3.45. The van der Waals surface area contributed by atoms with E-state index >= 15 is 0 Å². The van der Waals surface area contributed by atoms with E-state index in [2.05, 4.69) is 15.4 Å². The molecule has 1 aromatic carbocycles. The van der Waals surface area contributed by atoms with Gasteiger partial charge in [0, 0.05) is 56.7 Å². The van der Waals surface area contributed by atoms with Crippen molar-refractivity contribution in [1.82, 2.24) is 19.6 Å². The quantitative estimate of drug-likeness (QED) is 0.828. The number of β-amino-alcohol motifs (C(OH)–C–C–N with tert-alkyl or cyclic N) is 1. The molecule has 1 unspecified atom stereocenters. The molecular weight excluding hydrogens is 373 g/mol. The number of nitrogens with zero attached hydrogens (tertiary/aromatic N) is 5. The van der Waals surface area contributed by atoms with E-state index in [-0.39, 0.29) is 12.2 Å². The van der Waals surface area contributed by atoms with Gasteiger partial charge in [-0.3, -0.25) is 9.58 Å². The van der Waals surface area contributed by atoms with E-state index in [1.807, 2.05) is 25.2 Å². The molecular formula is C18H21F3N6O. The largest absolute Gasteiger partial charge is 0.419 e. The first-order valence-electron chi connectivity index (χ1n) is 8.87. The van der Waals surface area contributed by atoms with Crippen LogP contribution in [0.4, 0.5) is 18.9 Å². The van der Waals surface area contributed by atoms with Crippen LogP contribution in [0.15, 0.2) is 40.7 Å². The molecule has 0 saturated carbocycles. The molecule has 0 spiro atoms. The van der Waals surface area contributed by atoms with Crippen molar-refractivity contribution in [3.05, 3.63) is 35.7 Å². The minimum absolute atomic E-state index is 0.105. The van der Waals surface area contributed by atoms with Crippen LogP contribution in [0.2, 0.25) is 0 Å². The third-order valence-electron chi connectivity index (χ3n) is 5.11. The predicted octanol–water partition coefficient (Wildman–Crippen LogP) is 1.78. The van der Waals surface area contributed by atoms with Gasteiger partial charge in [0.05, 0.1) is 23.4 Å². The van der Waals surface area contributed by atoms with E-state index in [1.165, 1.54) is 4.90 Å². The van der Waals surface area contributed by atoms with E-state index in [4.69, 9.17) is 0 Å². The Labute approximate surface area is 159 Å². The molecule has 4 rings (SSSR count). The van der Waals surface area contributed by atoms with Crippen LogP contribution in [0.3, 0.4) is 0 Å². The highest BCUT2D eigenvalue weighted by Crippen LogP contribution is 2.32. The highest BCUT2D eigenvalue weighted by atomic mass is 19.4. The Morgan fingerprint density at radius 1 is 1.25 bits per heavy atom. The standard InChI is InChI=1S/C18H21F3N6O/c1-25-16(10-27-8-13(28)9-27)14(18(19,20)21)7-22-17(25)24-12-3-4-15-11(5-12)6-23-26(15)2/h3-7,13,17,24,28H,8-10H2,1-2H3. The zero-order valence-corrected chi connectivity index (χ0v) is 15.5. The molecule has 2 aromatic rings. The molecule has 0 amide bonds. The van der Waals surface area contributed by atoms with Gasteiger partial charge >= 0.3 is 6.18 Å². The van der Waals surface area contributed by atoms with E-state index < -0.39 is 24.1 Å². The monoisotopic (exact) mass is 394 g/mol. The second kappa shape index (κ2) is 6.78. The fourth-order valence-corrected chi connectivity index (χ4v) is 3.51. The lowest BCUT2D eigenvalue weighted by Crippen LogP contribution is -2.54. The Kier molecular flexibility index (Phi) is 4.54. The highest BCUT2D eigenvalue weighted by molar-refractivity contribution is 5.84. The summed E-state index contributed by atoms with van der Waals surface area (Å²) in [6, 6.07) is 5.64. The number of aryl methyl sites for hydroxylation is 1. The molecule has 150 valence electrons. The van der Waals surface area contributed by atoms with Crippen molar-refractivity contribution < 1.29 is 18.3 Å². The van der Waals surface area contributed by atoms with Crippen LogP contribution in [0.1, 0.15) is 0 Å². The predicted molar refractivity (Wildman–Crippen MR) is 99.9 cm³/mol. The summed E-state index contributed by atoms with van der Waals surface area (Å²) in [5, 5.41) is 17.7. The maximum atomic E-state index is 13.5. The first-order chi connectivity index (χ1) is 13.2. The van der Waals surface area contributed by atoms with Gasteiger partial charge in [-0.15, -0.1) is 0 Å². The summed E-state index contributed by atoms with van der Waals surface area (Å²) < 4.78 is 42.2. The second-order valence-corrected chi connectivity index (χ2v) is 7.15. The number of rotatable bonds is 4. The van der Waals surface area contributed by atoms with Crippen molar-refractivity contribution in [1.29, 1.82) is 0 Å². The lowest BCUT2D eigenvalue weighted by Gasteiger charge is -2.41.